The summed E-state index contributed by atoms with van der Waals surface area (Å²) in [6, 6.07) is 9.50. The lowest BCUT2D eigenvalue weighted by Crippen LogP contribution is -2.57. The van der Waals surface area contributed by atoms with Gasteiger partial charge in [0.2, 0.25) is 5.91 Å². The Bertz CT molecular complexity index is 854. The van der Waals surface area contributed by atoms with Crippen molar-refractivity contribution in [3.8, 4) is 0 Å². The maximum atomic E-state index is 13.1. The van der Waals surface area contributed by atoms with Crippen molar-refractivity contribution in [2.24, 2.45) is 0 Å². The van der Waals surface area contributed by atoms with Gasteiger partial charge in [0.05, 0.1) is 12.5 Å². The second-order valence-corrected chi connectivity index (χ2v) is 7.55. The summed E-state index contributed by atoms with van der Waals surface area (Å²) < 4.78 is 5.26. The van der Waals surface area contributed by atoms with Crippen molar-refractivity contribution in [3.63, 3.8) is 0 Å². The van der Waals surface area contributed by atoms with E-state index in [1.807, 2.05) is 54.0 Å². The summed E-state index contributed by atoms with van der Waals surface area (Å²) in [5, 5.41) is 0. The summed E-state index contributed by atoms with van der Waals surface area (Å²) in [6.07, 6.45) is 4.45. The molecule has 2 amide bonds. The van der Waals surface area contributed by atoms with Crippen LogP contribution < -0.4 is 0 Å². The first-order chi connectivity index (χ1) is 14.0. The Hall–Kier alpha value is -2.73. The predicted molar refractivity (Wildman–Crippen MR) is 112 cm³/mol. The number of piperazine rings is 1. The first-order valence-corrected chi connectivity index (χ1v) is 10.0. The summed E-state index contributed by atoms with van der Waals surface area (Å²) in [5.74, 6) is 0.117. The maximum absolute atomic E-state index is 13.1. The molecule has 1 aromatic heterocycles. The van der Waals surface area contributed by atoms with Crippen LogP contribution in [0.3, 0.4) is 0 Å². The molecule has 0 bridgehead atoms. The highest BCUT2D eigenvalue weighted by Gasteiger charge is 2.33. The maximum Gasteiger partial charge on any atom is 0.254 e. The molecule has 1 aliphatic rings. The number of nitrogens with zero attached hydrogens (tertiary/aromatic N) is 3. The third kappa shape index (κ3) is 5.01. The minimum absolute atomic E-state index is 0.0369. The van der Waals surface area contributed by atoms with Crippen LogP contribution in [0.5, 0.6) is 0 Å². The van der Waals surface area contributed by atoms with E-state index in [-0.39, 0.29) is 17.9 Å². The lowest BCUT2D eigenvalue weighted by molar-refractivity contribution is -0.135. The summed E-state index contributed by atoms with van der Waals surface area (Å²) in [6.45, 7) is 6.15. The Morgan fingerprint density at radius 1 is 1.14 bits per heavy atom. The van der Waals surface area contributed by atoms with Crippen LogP contribution >= 0.6 is 0 Å². The first kappa shape index (κ1) is 21.0. The highest BCUT2D eigenvalue weighted by atomic mass is 16.5. The van der Waals surface area contributed by atoms with Gasteiger partial charge in [0.25, 0.3) is 5.91 Å². The Morgan fingerprint density at radius 3 is 2.62 bits per heavy atom. The van der Waals surface area contributed by atoms with Crippen molar-refractivity contribution < 1.29 is 14.3 Å². The number of benzene rings is 1. The molecule has 154 valence electrons. The minimum atomic E-state index is -0.0490. The molecule has 0 unspecified atom stereocenters. The number of ether oxygens (including phenoxy) is 1. The van der Waals surface area contributed by atoms with Gasteiger partial charge in [0.1, 0.15) is 0 Å². The topological polar surface area (TPSA) is 62.7 Å². The van der Waals surface area contributed by atoms with E-state index in [2.05, 4.69) is 4.98 Å². The fraction of sp³-hybridized carbons (Fsp3) is 0.435. The smallest absolute Gasteiger partial charge is 0.254 e. The molecule has 1 atom stereocenters. The van der Waals surface area contributed by atoms with Crippen molar-refractivity contribution in [3.05, 3.63) is 65.0 Å². The van der Waals surface area contributed by atoms with E-state index in [4.69, 9.17) is 4.74 Å². The normalized spacial score (nSPS) is 16.7. The highest BCUT2D eigenvalue weighted by molar-refractivity contribution is 5.96. The summed E-state index contributed by atoms with van der Waals surface area (Å²) in [7, 11) is 1.66. The fourth-order valence-electron chi connectivity index (χ4n) is 3.80. The Morgan fingerprint density at radius 2 is 1.90 bits per heavy atom. The highest BCUT2D eigenvalue weighted by Crippen LogP contribution is 2.20. The van der Waals surface area contributed by atoms with Crippen LogP contribution in [0.4, 0.5) is 0 Å². The van der Waals surface area contributed by atoms with E-state index in [0.29, 0.717) is 39.1 Å². The molecule has 3 rings (SSSR count). The van der Waals surface area contributed by atoms with Gasteiger partial charge in [0, 0.05) is 51.3 Å². The van der Waals surface area contributed by atoms with Crippen molar-refractivity contribution in [1.29, 1.82) is 0 Å². The van der Waals surface area contributed by atoms with Crippen molar-refractivity contribution >= 4 is 11.8 Å². The van der Waals surface area contributed by atoms with Gasteiger partial charge in [-0.25, -0.2) is 0 Å². The molecule has 1 aliphatic heterocycles. The molecule has 0 aliphatic carbocycles. The predicted octanol–water partition coefficient (Wildman–Crippen LogP) is 2.63. The number of aromatic nitrogens is 1. The van der Waals surface area contributed by atoms with Crippen molar-refractivity contribution in [2.75, 3.05) is 33.4 Å². The van der Waals surface area contributed by atoms with Crippen LogP contribution in [0.25, 0.3) is 0 Å². The van der Waals surface area contributed by atoms with Gasteiger partial charge in [-0.15, -0.1) is 0 Å². The molecule has 1 fully saturated rings. The van der Waals surface area contributed by atoms with Crippen molar-refractivity contribution in [1.82, 2.24) is 14.8 Å². The summed E-state index contributed by atoms with van der Waals surface area (Å²) in [5.41, 5.74) is 3.82. The number of pyridine rings is 1. The Labute approximate surface area is 172 Å². The Balaban J connectivity index is 1.73. The van der Waals surface area contributed by atoms with Crippen molar-refractivity contribution in [2.45, 2.75) is 32.7 Å². The monoisotopic (exact) mass is 395 g/mol. The van der Waals surface area contributed by atoms with Gasteiger partial charge < -0.3 is 14.5 Å². The van der Waals surface area contributed by atoms with E-state index < -0.39 is 0 Å². The number of aryl methyl sites for hydroxylation is 1. The zero-order chi connectivity index (χ0) is 20.8. The number of carbonyl (C=O) groups excluding carboxylic acids is 2. The quantitative estimate of drug-likeness (QED) is 0.754. The molecule has 6 heteroatoms. The zero-order valence-corrected chi connectivity index (χ0v) is 17.4. The van der Waals surface area contributed by atoms with Crippen LogP contribution in [0.15, 0.2) is 42.7 Å². The number of carbonyl (C=O) groups is 2. The van der Waals surface area contributed by atoms with E-state index >= 15 is 0 Å². The van der Waals surface area contributed by atoms with Gasteiger partial charge >= 0.3 is 0 Å². The van der Waals surface area contributed by atoms with Gasteiger partial charge in [-0.2, -0.15) is 0 Å². The van der Waals surface area contributed by atoms with Crippen LogP contribution in [-0.4, -0.2) is 66.0 Å². The molecule has 29 heavy (non-hydrogen) atoms. The molecular formula is C23H29N3O3. The van der Waals surface area contributed by atoms with E-state index in [9.17, 15) is 9.59 Å². The SMILES string of the molecule is COCC[C@H]1CN(C(=O)c2cccc(C)c2C)CCN1C(=O)Cc1ccncc1. The molecule has 2 heterocycles. The molecule has 6 nitrogen and oxygen atoms in total. The average Bonchev–Trinajstić information content (AvgIpc) is 2.74. The molecule has 2 aromatic rings. The molecule has 0 N–H and O–H groups in total. The van der Waals surface area contributed by atoms with Crippen LogP contribution in [0.2, 0.25) is 0 Å². The summed E-state index contributed by atoms with van der Waals surface area (Å²) in [4.78, 5) is 33.9. The van der Waals surface area contributed by atoms with Crippen LogP contribution in [0.1, 0.15) is 33.5 Å². The number of amides is 2. The standard InChI is InChI=1S/C23H29N3O3/c1-17-5-4-6-21(18(17)2)23(28)25-12-13-26(20(16-25)9-14-29-3)22(27)15-19-7-10-24-11-8-19/h4-8,10-11,20H,9,12-16H2,1-3H3/t20-/m0/s1. The molecule has 0 radical (unpaired) electrons. The van der Waals surface area contributed by atoms with Gasteiger partial charge in [-0.05, 0) is 55.2 Å². The zero-order valence-electron chi connectivity index (χ0n) is 17.4. The van der Waals surface area contributed by atoms with Crippen LogP contribution in [-0.2, 0) is 16.0 Å². The molecule has 1 saturated heterocycles. The summed E-state index contributed by atoms with van der Waals surface area (Å²) >= 11 is 0. The third-order valence-electron chi connectivity index (χ3n) is 5.69. The molecule has 1 aromatic carbocycles. The average molecular weight is 396 g/mol. The molecular weight excluding hydrogens is 366 g/mol. The number of hydrogen-bond donors (Lipinski definition) is 0. The first-order valence-electron chi connectivity index (χ1n) is 10.0. The molecule has 0 spiro atoms. The lowest BCUT2D eigenvalue weighted by Gasteiger charge is -2.42. The Kier molecular flexibility index (Phi) is 6.99. The number of rotatable bonds is 6. The largest absolute Gasteiger partial charge is 0.385 e. The van der Waals surface area contributed by atoms with E-state index in [0.717, 1.165) is 22.3 Å². The van der Waals surface area contributed by atoms with E-state index in [1.54, 1.807) is 19.5 Å². The van der Waals surface area contributed by atoms with E-state index in [1.165, 1.54) is 0 Å². The number of methoxy groups -OCH3 is 1. The van der Waals surface area contributed by atoms with Gasteiger partial charge in [-0.3, -0.25) is 14.6 Å². The minimum Gasteiger partial charge on any atom is -0.385 e. The van der Waals surface area contributed by atoms with Gasteiger partial charge in [0.15, 0.2) is 0 Å². The fourth-order valence-corrected chi connectivity index (χ4v) is 3.80. The van der Waals surface area contributed by atoms with Crippen LogP contribution in [0, 0.1) is 13.8 Å². The second-order valence-electron chi connectivity index (χ2n) is 7.55. The second kappa shape index (κ2) is 9.65. The van der Waals surface area contributed by atoms with Gasteiger partial charge in [-0.1, -0.05) is 12.1 Å². The third-order valence-corrected chi connectivity index (χ3v) is 5.69. The molecule has 0 saturated carbocycles. The number of hydrogen-bond acceptors (Lipinski definition) is 4. The lowest BCUT2D eigenvalue weighted by atomic mass is 10.0.